The minimum atomic E-state index is -1.11. The van der Waals surface area contributed by atoms with Crippen LogP contribution in [-0.2, 0) is 16.1 Å². The molecule has 0 saturated heterocycles. The van der Waals surface area contributed by atoms with Crippen LogP contribution in [-0.4, -0.2) is 53.2 Å². The second-order valence-corrected chi connectivity index (χ2v) is 3.82. The van der Waals surface area contributed by atoms with Crippen molar-refractivity contribution < 1.29 is 19.4 Å². The summed E-state index contributed by atoms with van der Waals surface area (Å²) in [5.74, 6) is -1.11. The summed E-state index contributed by atoms with van der Waals surface area (Å²) in [4.78, 5) is 22.0. The molecule has 0 aliphatic carbocycles. The van der Waals surface area contributed by atoms with E-state index in [9.17, 15) is 9.59 Å². The number of carbonyl (C=O) groups is 2. The van der Waals surface area contributed by atoms with Crippen LogP contribution in [0, 0.1) is 0 Å². The Hall–Kier alpha value is -2.09. The largest absolute Gasteiger partial charge is 0.479 e. The average Bonchev–Trinajstić information content (AvgIpc) is 2.88. The number of aromatic nitrogens is 2. The number of aliphatic carboxylic acids is 1. The first-order valence-electron chi connectivity index (χ1n) is 5.88. The van der Waals surface area contributed by atoms with Crippen molar-refractivity contribution in [2.45, 2.75) is 19.1 Å². The van der Waals surface area contributed by atoms with Gasteiger partial charge in [0.2, 0.25) is 0 Å². The summed E-state index contributed by atoms with van der Waals surface area (Å²) in [5.41, 5.74) is 0. The summed E-state index contributed by atoms with van der Waals surface area (Å²) in [5, 5.41) is 17.8. The Morgan fingerprint density at radius 2 is 2.26 bits per heavy atom. The van der Waals surface area contributed by atoms with Gasteiger partial charge in [0.15, 0.2) is 6.10 Å². The highest BCUT2D eigenvalue weighted by Crippen LogP contribution is 1.89. The molecule has 8 heteroatoms. The molecule has 1 heterocycles. The molecule has 8 nitrogen and oxygen atoms in total. The van der Waals surface area contributed by atoms with Gasteiger partial charge in [-0.1, -0.05) is 0 Å². The first-order chi connectivity index (χ1) is 9.13. The van der Waals surface area contributed by atoms with Gasteiger partial charge in [0, 0.05) is 32.6 Å². The number of carbonyl (C=O) groups excluding carboxylic acids is 1. The van der Waals surface area contributed by atoms with Crippen LogP contribution in [0.25, 0.3) is 0 Å². The zero-order chi connectivity index (χ0) is 14.1. The van der Waals surface area contributed by atoms with Gasteiger partial charge in [0.25, 0.3) is 0 Å². The number of rotatable bonds is 8. The summed E-state index contributed by atoms with van der Waals surface area (Å²) in [6.07, 6.45) is 3.24. The Balaban J connectivity index is 2.09. The van der Waals surface area contributed by atoms with Crippen LogP contribution >= 0.6 is 0 Å². The van der Waals surface area contributed by atoms with E-state index in [1.165, 1.54) is 7.11 Å². The number of hydrogen-bond acceptors (Lipinski definition) is 4. The summed E-state index contributed by atoms with van der Waals surface area (Å²) >= 11 is 0. The number of nitrogens with zero attached hydrogens (tertiary/aromatic N) is 2. The molecule has 0 bridgehead atoms. The number of nitrogens with one attached hydrogen (secondary N) is 2. The maximum atomic E-state index is 11.4. The Morgan fingerprint density at radius 3 is 2.84 bits per heavy atom. The van der Waals surface area contributed by atoms with Crippen molar-refractivity contribution in [2.24, 2.45) is 0 Å². The molecule has 0 radical (unpaired) electrons. The fourth-order valence-corrected chi connectivity index (χ4v) is 1.40. The Bertz CT molecular complexity index is 393. The number of methoxy groups -OCH3 is 1. The highest BCUT2D eigenvalue weighted by atomic mass is 16.5. The van der Waals surface area contributed by atoms with Gasteiger partial charge >= 0.3 is 12.0 Å². The van der Waals surface area contributed by atoms with E-state index in [1.807, 2.05) is 12.3 Å². The predicted molar refractivity (Wildman–Crippen MR) is 66.7 cm³/mol. The minimum absolute atomic E-state index is 0.0726. The molecule has 0 spiro atoms. The Labute approximate surface area is 110 Å². The molecule has 2 amide bonds. The van der Waals surface area contributed by atoms with Gasteiger partial charge < -0.3 is 20.5 Å². The van der Waals surface area contributed by atoms with Gasteiger partial charge in [0.05, 0.1) is 6.54 Å². The van der Waals surface area contributed by atoms with E-state index in [1.54, 1.807) is 10.9 Å². The third-order valence-corrected chi connectivity index (χ3v) is 2.42. The summed E-state index contributed by atoms with van der Waals surface area (Å²) in [6, 6.07) is 1.42. The molecule has 0 saturated carbocycles. The molecule has 1 atom stereocenters. The highest BCUT2D eigenvalue weighted by molar-refractivity contribution is 5.76. The van der Waals surface area contributed by atoms with Crippen LogP contribution in [0.1, 0.15) is 6.42 Å². The van der Waals surface area contributed by atoms with Crippen LogP contribution in [0.5, 0.6) is 0 Å². The molecule has 0 aliphatic heterocycles. The molecule has 0 fully saturated rings. The van der Waals surface area contributed by atoms with E-state index < -0.39 is 18.1 Å². The van der Waals surface area contributed by atoms with E-state index in [0.717, 1.165) is 6.42 Å². The van der Waals surface area contributed by atoms with Crippen molar-refractivity contribution in [3.63, 3.8) is 0 Å². The third kappa shape index (κ3) is 5.87. The first kappa shape index (κ1) is 15.0. The summed E-state index contributed by atoms with van der Waals surface area (Å²) < 4.78 is 6.45. The molecule has 1 unspecified atom stereocenters. The van der Waals surface area contributed by atoms with Gasteiger partial charge in [-0.15, -0.1) is 0 Å². The lowest BCUT2D eigenvalue weighted by Gasteiger charge is -2.12. The maximum Gasteiger partial charge on any atom is 0.334 e. The van der Waals surface area contributed by atoms with E-state index in [0.29, 0.717) is 13.1 Å². The molecule has 106 valence electrons. The molecule has 1 rings (SSSR count). The Morgan fingerprint density at radius 1 is 1.47 bits per heavy atom. The smallest absolute Gasteiger partial charge is 0.334 e. The monoisotopic (exact) mass is 270 g/mol. The quantitative estimate of drug-likeness (QED) is 0.561. The van der Waals surface area contributed by atoms with Crippen molar-refractivity contribution in [1.29, 1.82) is 0 Å². The second-order valence-electron chi connectivity index (χ2n) is 3.82. The highest BCUT2D eigenvalue weighted by Gasteiger charge is 2.16. The van der Waals surface area contributed by atoms with Crippen LogP contribution < -0.4 is 10.6 Å². The molecule has 3 N–H and O–H groups in total. The minimum Gasteiger partial charge on any atom is -0.479 e. The maximum absolute atomic E-state index is 11.4. The van der Waals surface area contributed by atoms with Crippen molar-refractivity contribution in [3.05, 3.63) is 18.5 Å². The SMILES string of the molecule is COC(CNC(=O)NCCCn1cccn1)C(=O)O. The summed E-state index contributed by atoms with van der Waals surface area (Å²) in [7, 11) is 1.28. The predicted octanol–water partition coefficient (Wildman–Crippen LogP) is -0.328. The molecular formula is C11H18N4O4. The van der Waals surface area contributed by atoms with E-state index in [4.69, 9.17) is 5.11 Å². The molecule has 19 heavy (non-hydrogen) atoms. The number of amides is 2. The van der Waals surface area contributed by atoms with Crippen LogP contribution in [0.3, 0.4) is 0 Å². The van der Waals surface area contributed by atoms with E-state index in [2.05, 4.69) is 20.5 Å². The Kier molecular flexibility index (Phi) is 6.37. The van der Waals surface area contributed by atoms with Crippen molar-refractivity contribution in [3.8, 4) is 0 Å². The molecule has 0 aromatic carbocycles. The number of urea groups is 1. The first-order valence-corrected chi connectivity index (χ1v) is 5.88. The van der Waals surface area contributed by atoms with Crippen molar-refractivity contribution in [1.82, 2.24) is 20.4 Å². The molecular weight excluding hydrogens is 252 g/mol. The normalized spacial score (nSPS) is 11.8. The number of hydrogen-bond donors (Lipinski definition) is 3. The zero-order valence-electron chi connectivity index (χ0n) is 10.7. The second kappa shape index (κ2) is 8.09. The zero-order valence-corrected chi connectivity index (χ0v) is 10.7. The van der Waals surface area contributed by atoms with Gasteiger partial charge in [-0.3, -0.25) is 4.68 Å². The number of aryl methyl sites for hydroxylation is 1. The van der Waals surface area contributed by atoms with E-state index in [-0.39, 0.29) is 6.54 Å². The third-order valence-electron chi connectivity index (χ3n) is 2.42. The van der Waals surface area contributed by atoms with Crippen LogP contribution in [0.15, 0.2) is 18.5 Å². The molecule has 0 aliphatic rings. The number of carboxylic acid groups (broad SMARTS) is 1. The van der Waals surface area contributed by atoms with Gasteiger partial charge in [-0.25, -0.2) is 9.59 Å². The topological polar surface area (TPSA) is 105 Å². The number of carboxylic acids is 1. The van der Waals surface area contributed by atoms with Crippen LogP contribution in [0.4, 0.5) is 4.79 Å². The lowest BCUT2D eigenvalue weighted by Crippen LogP contribution is -2.43. The number of ether oxygens (including phenoxy) is 1. The van der Waals surface area contributed by atoms with Gasteiger partial charge in [-0.2, -0.15) is 5.10 Å². The fraction of sp³-hybridized carbons (Fsp3) is 0.545. The standard InChI is InChI=1S/C11H18N4O4/c1-19-9(10(16)17)8-13-11(18)12-4-2-6-15-7-3-5-14-15/h3,5,7,9H,2,4,6,8H2,1H3,(H,16,17)(H2,12,13,18). The van der Waals surface area contributed by atoms with Crippen molar-refractivity contribution >= 4 is 12.0 Å². The fourth-order valence-electron chi connectivity index (χ4n) is 1.40. The summed E-state index contributed by atoms with van der Waals surface area (Å²) in [6.45, 7) is 1.12. The lowest BCUT2D eigenvalue weighted by molar-refractivity contribution is -0.147. The molecule has 1 aromatic rings. The molecule has 1 aromatic heterocycles. The lowest BCUT2D eigenvalue weighted by atomic mass is 10.3. The average molecular weight is 270 g/mol. The van der Waals surface area contributed by atoms with Crippen LogP contribution in [0.2, 0.25) is 0 Å². The van der Waals surface area contributed by atoms with Crippen molar-refractivity contribution in [2.75, 3.05) is 20.2 Å². The van der Waals surface area contributed by atoms with Gasteiger partial charge in [0.1, 0.15) is 0 Å². The van der Waals surface area contributed by atoms with E-state index >= 15 is 0 Å². The van der Waals surface area contributed by atoms with Gasteiger partial charge in [-0.05, 0) is 12.5 Å².